The van der Waals surface area contributed by atoms with E-state index in [1.807, 2.05) is 17.5 Å². The second kappa shape index (κ2) is 5.52. The van der Waals surface area contributed by atoms with Gasteiger partial charge in [-0.15, -0.1) is 11.3 Å². The summed E-state index contributed by atoms with van der Waals surface area (Å²) in [6, 6.07) is 5.26. The van der Waals surface area contributed by atoms with Crippen molar-refractivity contribution in [1.82, 2.24) is 10.5 Å². The molecule has 7 heteroatoms. The highest BCUT2D eigenvalue weighted by molar-refractivity contribution is 7.13. The van der Waals surface area contributed by atoms with E-state index in [1.165, 1.54) is 24.3 Å². The minimum absolute atomic E-state index is 0.108. The van der Waals surface area contributed by atoms with Crippen LogP contribution in [0.3, 0.4) is 0 Å². The average Bonchev–Trinajstić information content (AvgIpc) is 3.08. The van der Waals surface area contributed by atoms with Crippen molar-refractivity contribution in [2.75, 3.05) is 13.2 Å². The minimum atomic E-state index is -1.08. The zero-order valence-electron chi connectivity index (χ0n) is 10.3. The molecule has 0 aliphatic heterocycles. The first-order valence-corrected chi connectivity index (χ1v) is 6.51. The minimum Gasteiger partial charge on any atom is -0.394 e. The van der Waals surface area contributed by atoms with Crippen LogP contribution in [0.2, 0.25) is 0 Å². The zero-order valence-corrected chi connectivity index (χ0v) is 11.1. The van der Waals surface area contributed by atoms with Gasteiger partial charge in [0.15, 0.2) is 11.5 Å². The summed E-state index contributed by atoms with van der Waals surface area (Å²) in [5.41, 5.74) is -0.976. The Morgan fingerprint density at radius 3 is 2.84 bits per heavy atom. The molecule has 0 spiro atoms. The summed E-state index contributed by atoms with van der Waals surface area (Å²) in [4.78, 5) is 12.8. The van der Waals surface area contributed by atoms with E-state index in [-0.39, 0.29) is 18.9 Å². The highest BCUT2D eigenvalue weighted by atomic mass is 32.1. The van der Waals surface area contributed by atoms with Crippen molar-refractivity contribution in [1.29, 1.82) is 0 Å². The first-order valence-electron chi connectivity index (χ1n) is 5.63. The van der Waals surface area contributed by atoms with Crippen LogP contribution < -0.4 is 5.32 Å². The van der Waals surface area contributed by atoms with Crippen LogP contribution in [0.25, 0.3) is 10.6 Å². The Morgan fingerprint density at radius 2 is 2.26 bits per heavy atom. The van der Waals surface area contributed by atoms with Gasteiger partial charge in [0.1, 0.15) is 0 Å². The number of nitrogens with one attached hydrogen (secondary N) is 1. The number of rotatable bonds is 5. The average molecular weight is 282 g/mol. The molecule has 1 amide bonds. The molecular formula is C12H14N2O4S. The fourth-order valence-electron chi connectivity index (χ4n) is 1.38. The van der Waals surface area contributed by atoms with Gasteiger partial charge in [0.05, 0.1) is 23.6 Å². The second-order valence-corrected chi connectivity index (χ2v) is 5.33. The lowest BCUT2D eigenvalue weighted by atomic mass is 10.1. The van der Waals surface area contributed by atoms with Crippen LogP contribution in [0.4, 0.5) is 0 Å². The molecule has 2 aromatic heterocycles. The number of hydrogen-bond acceptors (Lipinski definition) is 6. The molecule has 0 bridgehead atoms. The standard InChI is InChI=1S/C12H14N2O4S/c1-12(6-15,7-16)13-11(17)8-5-9(18-14-8)10-3-2-4-19-10/h2-5,15-16H,6-7H2,1H3,(H,13,17). The quantitative estimate of drug-likeness (QED) is 0.756. The largest absolute Gasteiger partial charge is 0.394 e. The van der Waals surface area contributed by atoms with E-state index in [1.54, 1.807) is 0 Å². The van der Waals surface area contributed by atoms with Crippen molar-refractivity contribution in [3.8, 4) is 10.6 Å². The number of carbonyl (C=O) groups is 1. The number of aliphatic hydroxyl groups is 2. The van der Waals surface area contributed by atoms with Crippen LogP contribution in [-0.2, 0) is 0 Å². The lowest BCUT2D eigenvalue weighted by molar-refractivity contribution is 0.0716. The lowest BCUT2D eigenvalue weighted by Gasteiger charge is -2.25. The maximum Gasteiger partial charge on any atom is 0.274 e. The number of thiophene rings is 1. The molecule has 2 aromatic rings. The van der Waals surface area contributed by atoms with E-state index in [9.17, 15) is 4.79 Å². The Labute approximate surface area is 113 Å². The molecule has 19 heavy (non-hydrogen) atoms. The number of hydrogen-bond donors (Lipinski definition) is 3. The normalized spacial score (nSPS) is 11.5. The third kappa shape index (κ3) is 3.01. The van der Waals surface area contributed by atoms with Gasteiger partial charge in [0, 0.05) is 6.07 Å². The van der Waals surface area contributed by atoms with Crippen molar-refractivity contribution >= 4 is 17.2 Å². The molecule has 3 N–H and O–H groups in total. The molecule has 2 heterocycles. The topological polar surface area (TPSA) is 95.6 Å². The Morgan fingerprint density at radius 1 is 1.53 bits per heavy atom. The van der Waals surface area contributed by atoms with Gasteiger partial charge in [-0.25, -0.2) is 0 Å². The maximum atomic E-state index is 11.9. The Hall–Kier alpha value is -1.70. The Bertz CT molecular complexity index is 546. The van der Waals surface area contributed by atoms with Crippen molar-refractivity contribution in [2.24, 2.45) is 0 Å². The summed E-state index contributed by atoms with van der Waals surface area (Å²) in [6.07, 6.45) is 0. The third-order valence-corrected chi connectivity index (χ3v) is 3.50. The van der Waals surface area contributed by atoms with Gasteiger partial charge >= 0.3 is 0 Å². The molecular weight excluding hydrogens is 268 g/mol. The van der Waals surface area contributed by atoms with Crippen LogP contribution in [0.15, 0.2) is 28.1 Å². The van der Waals surface area contributed by atoms with Crippen molar-refractivity contribution in [3.05, 3.63) is 29.3 Å². The number of nitrogens with zero attached hydrogens (tertiary/aromatic N) is 1. The lowest BCUT2D eigenvalue weighted by Crippen LogP contribution is -2.51. The summed E-state index contributed by atoms with van der Waals surface area (Å²) >= 11 is 1.48. The summed E-state index contributed by atoms with van der Waals surface area (Å²) < 4.78 is 5.09. The molecule has 0 unspecified atom stereocenters. The smallest absolute Gasteiger partial charge is 0.274 e. The van der Waals surface area contributed by atoms with Gasteiger partial charge in [-0.1, -0.05) is 11.2 Å². The monoisotopic (exact) mass is 282 g/mol. The first-order chi connectivity index (χ1) is 9.08. The number of amides is 1. The fourth-order valence-corrected chi connectivity index (χ4v) is 2.06. The van der Waals surface area contributed by atoms with E-state index in [2.05, 4.69) is 10.5 Å². The molecule has 0 fully saturated rings. The van der Waals surface area contributed by atoms with Gasteiger partial charge < -0.3 is 20.1 Å². The summed E-state index contributed by atoms with van der Waals surface area (Å²) in [5.74, 6) is 0.00649. The van der Waals surface area contributed by atoms with Gasteiger partial charge in [0.25, 0.3) is 5.91 Å². The van der Waals surface area contributed by atoms with Crippen LogP contribution in [0.5, 0.6) is 0 Å². The molecule has 0 aliphatic carbocycles. The predicted octanol–water partition coefficient (Wildman–Crippen LogP) is 0.876. The van der Waals surface area contributed by atoms with Crippen molar-refractivity contribution in [3.63, 3.8) is 0 Å². The van der Waals surface area contributed by atoms with Crippen LogP contribution in [0, 0.1) is 0 Å². The van der Waals surface area contributed by atoms with E-state index in [4.69, 9.17) is 14.7 Å². The molecule has 2 rings (SSSR count). The van der Waals surface area contributed by atoms with E-state index in [0.717, 1.165) is 4.88 Å². The zero-order chi connectivity index (χ0) is 13.9. The highest BCUT2D eigenvalue weighted by Gasteiger charge is 2.26. The van der Waals surface area contributed by atoms with Crippen LogP contribution in [-0.4, -0.2) is 40.0 Å². The molecule has 102 valence electrons. The highest BCUT2D eigenvalue weighted by Crippen LogP contribution is 2.25. The van der Waals surface area contributed by atoms with Gasteiger partial charge in [-0.3, -0.25) is 4.79 Å². The number of aliphatic hydroxyl groups excluding tert-OH is 2. The summed E-state index contributed by atoms with van der Waals surface area (Å²) in [6.45, 7) is 0.793. The summed E-state index contributed by atoms with van der Waals surface area (Å²) in [7, 11) is 0. The molecule has 0 atom stereocenters. The molecule has 0 saturated heterocycles. The van der Waals surface area contributed by atoms with E-state index in [0.29, 0.717) is 5.76 Å². The molecule has 0 aromatic carbocycles. The van der Waals surface area contributed by atoms with Gasteiger partial charge in [-0.2, -0.15) is 0 Å². The fraction of sp³-hybridized carbons (Fsp3) is 0.333. The molecule has 0 saturated carbocycles. The van der Waals surface area contributed by atoms with Gasteiger partial charge in [0.2, 0.25) is 0 Å². The SMILES string of the molecule is CC(CO)(CO)NC(=O)c1cc(-c2cccs2)on1. The van der Waals surface area contributed by atoms with Crippen LogP contribution in [0.1, 0.15) is 17.4 Å². The molecule has 6 nitrogen and oxygen atoms in total. The maximum absolute atomic E-state index is 11.9. The Kier molecular flexibility index (Phi) is 3.98. The Balaban J connectivity index is 2.13. The molecule has 0 aliphatic rings. The predicted molar refractivity (Wildman–Crippen MR) is 69.9 cm³/mol. The van der Waals surface area contributed by atoms with Crippen molar-refractivity contribution in [2.45, 2.75) is 12.5 Å². The van der Waals surface area contributed by atoms with E-state index >= 15 is 0 Å². The molecule has 0 radical (unpaired) electrons. The number of carbonyl (C=O) groups excluding carboxylic acids is 1. The second-order valence-electron chi connectivity index (χ2n) is 4.38. The summed E-state index contributed by atoms with van der Waals surface area (Å²) in [5, 5.41) is 26.3. The third-order valence-electron chi connectivity index (χ3n) is 2.62. The van der Waals surface area contributed by atoms with E-state index < -0.39 is 11.4 Å². The van der Waals surface area contributed by atoms with Crippen LogP contribution >= 0.6 is 11.3 Å². The first kappa shape index (κ1) is 13.7. The number of aromatic nitrogens is 1. The van der Waals surface area contributed by atoms with Crippen molar-refractivity contribution < 1.29 is 19.5 Å². The van der Waals surface area contributed by atoms with Gasteiger partial charge in [-0.05, 0) is 18.4 Å².